The maximum absolute atomic E-state index is 13.0. The number of fused-ring (bicyclic) bond motifs is 1. The average Bonchev–Trinajstić information content (AvgIpc) is 3.16. The first-order chi connectivity index (χ1) is 13.0. The minimum Gasteiger partial charge on any atom is -0.341 e. The van der Waals surface area contributed by atoms with Crippen LogP contribution in [0.1, 0.15) is 42.4 Å². The van der Waals surface area contributed by atoms with Crippen molar-refractivity contribution in [3.63, 3.8) is 0 Å². The fourth-order valence-corrected chi connectivity index (χ4v) is 4.24. The maximum Gasteiger partial charge on any atom is 0.275 e. The van der Waals surface area contributed by atoms with Gasteiger partial charge in [0.15, 0.2) is 5.69 Å². The Morgan fingerprint density at radius 1 is 1.19 bits per heavy atom. The summed E-state index contributed by atoms with van der Waals surface area (Å²) in [4.78, 5) is 25.1. The predicted molar refractivity (Wildman–Crippen MR) is 109 cm³/mol. The van der Waals surface area contributed by atoms with Gasteiger partial charge in [-0.2, -0.15) is 5.10 Å². The Morgan fingerprint density at radius 3 is 2.74 bits per heavy atom. The summed E-state index contributed by atoms with van der Waals surface area (Å²) in [5.74, 6) is 1.12. The van der Waals surface area contributed by atoms with Crippen LogP contribution in [0.15, 0.2) is 28.7 Å². The van der Waals surface area contributed by atoms with Crippen LogP contribution in [-0.4, -0.2) is 57.2 Å². The number of aromatic nitrogens is 4. The molecule has 1 aliphatic heterocycles. The third kappa shape index (κ3) is 3.45. The molecule has 142 valence electrons. The second-order valence-electron chi connectivity index (χ2n) is 7.16. The molecule has 1 aromatic carbocycles. The number of aromatic amines is 2. The third-order valence-corrected chi connectivity index (χ3v) is 5.77. The monoisotopic (exact) mass is 430 g/mol. The molecule has 0 atom stereocenters. The zero-order valence-electron chi connectivity index (χ0n) is 15.5. The van der Waals surface area contributed by atoms with Crippen LogP contribution in [0.4, 0.5) is 5.95 Å². The van der Waals surface area contributed by atoms with Gasteiger partial charge in [0, 0.05) is 26.2 Å². The molecule has 0 aliphatic carbocycles. The fourth-order valence-electron chi connectivity index (χ4n) is 3.44. The summed E-state index contributed by atoms with van der Waals surface area (Å²) in [5, 5.41) is 7.24. The molecule has 0 bridgehead atoms. The highest BCUT2D eigenvalue weighted by molar-refractivity contribution is 9.10. The molecular formula is C19H23BrN6O. The van der Waals surface area contributed by atoms with Crippen molar-refractivity contribution < 1.29 is 4.79 Å². The Hall–Kier alpha value is -2.35. The molecule has 1 fully saturated rings. The SMILES string of the molecule is CC(C)c1[nH]nc(C(=O)N2CCCN(c3nc4ccccc4[nH]3)CC2)c1Br. The third-order valence-electron chi connectivity index (χ3n) is 4.97. The molecule has 0 spiro atoms. The van der Waals surface area contributed by atoms with Crippen molar-refractivity contribution in [2.45, 2.75) is 26.2 Å². The van der Waals surface area contributed by atoms with Gasteiger partial charge in [0.2, 0.25) is 5.95 Å². The molecule has 8 heteroatoms. The summed E-state index contributed by atoms with van der Waals surface area (Å²) in [6, 6.07) is 8.02. The number of benzene rings is 1. The van der Waals surface area contributed by atoms with E-state index in [1.165, 1.54) is 0 Å². The Kier molecular flexibility index (Phi) is 4.90. The first-order valence-electron chi connectivity index (χ1n) is 9.27. The number of hydrogen-bond acceptors (Lipinski definition) is 4. The molecule has 3 heterocycles. The summed E-state index contributed by atoms with van der Waals surface area (Å²) in [5.41, 5.74) is 3.42. The smallest absolute Gasteiger partial charge is 0.275 e. The topological polar surface area (TPSA) is 80.9 Å². The zero-order chi connectivity index (χ0) is 19.0. The number of carbonyl (C=O) groups is 1. The Bertz CT molecular complexity index is 929. The van der Waals surface area contributed by atoms with E-state index in [9.17, 15) is 4.79 Å². The van der Waals surface area contributed by atoms with Crippen molar-refractivity contribution in [3.05, 3.63) is 40.1 Å². The van der Waals surface area contributed by atoms with Gasteiger partial charge in [-0.25, -0.2) is 4.98 Å². The van der Waals surface area contributed by atoms with Crippen LogP contribution in [0, 0.1) is 0 Å². The van der Waals surface area contributed by atoms with Gasteiger partial charge in [0.05, 0.1) is 21.2 Å². The lowest BCUT2D eigenvalue weighted by Gasteiger charge is -2.21. The lowest BCUT2D eigenvalue weighted by Crippen LogP contribution is -2.35. The van der Waals surface area contributed by atoms with Crippen LogP contribution in [-0.2, 0) is 0 Å². The molecule has 4 rings (SSSR count). The number of imidazole rings is 1. The molecule has 1 aliphatic rings. The molecule has 0 unspecified atom stereocenters. The van der Waals surface area contributed by atoms with Gasteiger partial charge in [0.1, 0.15) is 0 Å². The molecule has 27 heavy (non-hydrogen) atoms. The standard InChI is InChI=1S/C19H23BrN6O/c1-12(2)16-15(20)17(24-23-16)18(27)25-8-5-9-26(11-10-25)19-21-13-6-3-4-7-14(13)22-19/h3-4,6-7,12H,5,8-11H2,1-2H3,(H,21,22)(H,23,24). The lowest BCUT2D eigenvalue weighted by atomic mass is 10.1. The number of anilines is 1. The minimum absolute atomic E-state index is 0.0310. The van der Waals surface area contributed by atoms with E-state index in [1.54, 1.807) is 0 Å². The molecule has 3 aromatic rings. The molecule has 0 radical (unpaired) electrons. The number of rotatable bonds is 3. The second-order valence-corrected chi connectivity index (χ2v) is 7.96. The van der Waals surface area contributed by atoms with E-state index >= 15 is 0 Å². The van der Waals surface area contributed by atoms with Gasteiger partial charge < -0.3 is 14.8 Å². The van der Waals surface area contributed by atoms with Crippen LogP contribution >= 0.6 is 15.9 Å². The molecule has 2 N–H and O–H groups in total. The Morgan fingerprint density at radius 2 is 2.00 bits per heavy atom. The van der Waals surface area contributed by atoms with E-state index in [-0.39, 0.29) is 11.8 Å². The average molecular weight is 431 g/mol. The van der Waals surface area contributed by atoms with Crippen molar-refractivity contribution in [2.24, 2.45) is 0 Å². The van der Waals surface area contributed by atoms with Crippen molar-refractivity contribution in [3.8, 4) is 0 Å². The largest absolute Gasteiger partial charge is 0.341 e. The van der Waals surface area contributed by atoms with E-state index in [4.69, 9.17) is 0 Å². The summed E-state index contributed by atoms with van der Waals surface area (Å²) in [7, 11) is 0. The predicted octanol–water partition coefficient (Wildman–Crippen LogP) is 3.52. The number of nitrogens with one attached hydrogen (secondary N) is 2. The molecule has 7 nitrogen and oxygen atoms in total. The van der Waals surface area contributed by atoms with E-state index in [0.717, 1.165) is 46.7 Å². The highest BCUT2D eigenvalue weighted by Gasteiger charge is 2.26. The van der Waals surface area contributed by atoms with Gasteiger partial charge in [-0.05, 0) is 40.4 Å². The van der Waals surface area contributed by atoms with Crippen LogP contribution in [0.3, 0.4) is 0 Å². The second kappa shape index (κ2) is 7.34. The highest BCUT2D eigenvalue weighted by atomic mass is 79.9. The number of H-pyrrole nitrogens is 2. The van der Waals surface area contributed by atoms with Crippen LogP contribution in [0.2, 0.25) is 0 Å². The van der Waals surface area contributed by atoms with Gasteiger partial charge >= 0.3 is 0 Å². The number of carbonyl (C=O) groups excluding carboxylic acids is 1. The Labute approximate surface area is 166 Å². The van der Waals surface area contributed by atoms with E-state index in [1.807, 2.05) is 29.2 Å². The first kappa shape index (κ1) is 18.0. The van der Waals surface area contributed by atoms with E-state index in [0.29, 0.717) is 18.8 Å². The van der Waals surface area contributed by atoms with Crippen LogP contribution in [0.25, 0.3) is 11.0 Å². The van der Waals surface area contributed by atoms with Crippen molar-refractivity contribution in [1.29, 1.82) is 0 Å². The van der Waals surface area contributed by atoms with Crippen LogP contribution in [0.5, 0.6) is 0 Å². The van der Waals surface area contributed by atoms with E-state index < -0.39 is 0 Å². The van der Waals surface area contributed by atoms with Gasteiger partial charge in [-0.3, -0.25) is 9.89 Å². The summed E-state index contributed by atoms with van der Waals surface area (Å²) >= 11 is 3.54. The number of hydrogen-bond donors (Lipinski definition) is 2. The van der Waals surface area contributed by atoms with Crippen LogP contribution < -0.4 is 4.90 Å². The quantitative estimate of drug-likeness (QED) is 0.665. The van der Waals surface area contributed by atoms with Gasteiger partial charge in [-0.1, -0.05) is 26.0 Å². The molecule has 2 aromatic heterocycles. The normalized spacial score (nSPS) is 15.6. The zero-order valence-corrected chi connectivity index (χ0v) is 17.1. The summed E-state index contributed by atoms with van der Waals surface area (Å²) < 4.78 is 0.779. The number of halogens is 1. The summed E-state index contributed by atoms with van der Waals surface area (Å²) in [6.07, 6.45) is 0.891. The number of para-hydroxylation sites is 2. The minimum atomic E-state index is -0.0310. The molecular weight excluding hydrogens is 408 g/mol. The van der Waals surface area contributed by atoms with E-state index in [2.05, 4.69) is 54.8 Å². The first-order valence-corrected chi connectivity index (χ1v) is 10.1. The molecule has 1 amide bonds. The Balaban J connectivity index is 1.49. The molecule has 0 saturated carbocycles. The summed E-state index contributed by atoms with van der Waals surface area (Å²) in [6.45, 7) is 7.11. The lowest BCUT2D eigenvalue weighted by molar-refractivity contribution is 0.0760. The molecule has 1 saturated heterocycles. The number of amides is 1. The highest BCUT2D eigenvalue weighted by Crippen LogP contribution is 2.27. The van der Waals surface area contributed by atoms with Gasteiger partial charge in [-0.15, -0.1) is 0 Å². The number of nitrogens with zero attached hydrogens (tertiary/aromatic N) is 4. The van der Waals surface area contributed by atoms with Gasteiger partial charge in [0.25, 0.3) is 5.91 Å². The fraction of sp³-hybridized carbons (Fsp3) is 0.421. The van der Waals surface area contributed by atoms with Crippen molar-refractivity contribution in [2.75, 3.05) is 31.1 Å². The van der Waals surface area contributed by atoms with Crippen molar-refractivity contribution in [1.82, 2.24) is 25.1 Å². The van der Waals surface area contributed by atoms with Crippen molar-refractivity contribution >= 4 is 38.8 Å². The maximum atomic E-state index is 13.0.